The molecule has 0 radical (unpaired) electrons. The van der Waals surface area contributed by atoms with E-state index in [1.165, 1.54) is 0 Å². The second-order valence-electron chi connectivity index (χ2n) is 7.83. The average Bonchev–Trinajstić information content (AvgIpc) is 2.83. The van der Waals surface area contributed by atoms with Crippen molar-refractivity contribution in [2.24, 2.45) is 0 Å². The van der Waals surface area contributed by atoms with Crippen molar-refractivity contribution in [2.75, 3.05) is 17.2 Å². The highest BCUT2D eigenvalue weighted by atomic mass is 32.1. The summed E-state index contributed by atoms with van der Waals surface area (Å²) in [5.74, 6) is 0.263. The molecule has 3 N–H and O–H groups in total. The van der Waals surface area contributed by atoms with Gasteiger partial charge in [-0.05, 0) is 85.7 Å². The first-order valence-electron chi connectivity index (χ1n) is 11.3. The number of nitrogens with one attached hydrogen (secondary N) is 3. The summed E-state index contributed by atoms with van der Waals surface area (Å²) in [7, 11) is 0. The Hall–Kier alpha value is -3.71. The number of anilines is 2. The van der Waals surface area contributed by atoms with Gasteiger partial charge in [-0.1, -0.05) is 38.0 Å². The lowest BCUT2D eigenvalue weighted by molar-refractivity contribution is 0.0976. The number of hydrogen-bond acceptors (Lipinski definition) is 4. The monoisotopic (exact) mass is 475 g/mol. The summed E-state index contributed by atoms with van der Waals surface area (Å²) in [6, 6.07) is 21.5. The number of benzene rings is 3. The normalized spacial score (nSPS) is 10.3. The van der Waals surface area contributed by atoms with Crippen LogP contribution in [-0.4, -0.2) is 23.5 Å². The molecule has 34 heavy (non-hydrogen) atoms. The van der Waals surface area contributed by atoms with Gasteiger partial charge in [0.25, 0.3) is 11.8 Å². The molecule has 0 bridgehead atoms. The Morgan fingerprint density at radius 3 is 2.12 bits per heavy atom. The quantitative estimate of drug-likeness (QED) is 0.264. The molecule has 0 atom stereocenters. The number of hydrogen-bond donors (Lipinski definition) is 3. The molecular formula is C27H29N3O3S. The van der Waals surface area contributed by atoms with Gasteiger partial charge in [-0.25, -0.2) is 0 Å². The Kier molecular flexibility index (Phi) is 9.17. The average molecular weight is 476 g/mol. The van der Waals surface area contributed by atoms with Gasteiger partial charge in [-0.3, -0.25) is 14.9 Å². The van der Waals surface area contributed by atoms with Crippen LogP contribution in [0.15, 0.2) is 72.8 Å². The fraction of sp³-hybridized carbons (Fsp3) is 0.222. The Bertz CT molecular complexity index is 1130. The van der Waals surface area contributed by atoms with Crippen molar-refractivity contribution in [3.05, 3.63) is 89.5 Å². The second-order valence-corrected chi connectivity index (χ2v) is 8.24. The fourth-order valence-corrected chi connectivity index (χ4v) is 3.46. The SMILES string of the molecule is CCCCCOc1ccc(C(=O)NC(=S)Nc2ccc(NC(=O)c3ccccc3C)cc2)cc1. The maximum Gasteiger partial charge on any atom is 0.257 e. The predicted octanol–water partition coefficient (Wildman–Crippen LogP) is 5.94. The van der Waals surface area contributed by atoms with Crippen LogP contribution >= 0.6 is 12.2 Å². The molecule has 2 amide bonds. The van der Waals surface area contributed by atoms with Gasteiger partial charge < -0.3 is 15.4 Å². The Balaban J connectivity index is 1.48. The van der Waals surface area contributed by atoms with Crippen molar-refractivity contribution in [1.29, 1.82) is 0 Å². The van der Waals surface area contributed by atoms with Crippen molar-refractivity contribution < 1.29 is 14.3 Å². The molecule has 7 heteroatoms. The zero-order valence-electron chi connectivity index (χ0n) is 19.4. The fourth-order valence-electron chi connectivity index (χ4n) is 3.25. The van der Waals surface area contributed by atoms with Crippen LogP contribution in [0.3, 0.4) is 0 Å². The minimum Gasteiger partial charge on any atom is -0.494 e. The number of carbonyl (C=O) groups is 2. The van der Waals surface area contributed by atoms with Crippen LogP contribution in [0.25, 0.3) is 0 Å². The summed E-state index contributed by atoms with van der Waals surface area (Å²) < 4.78 is 5.67. The lowest BCUT2D eigenvalue weighted by Crippen LogP contribution is -2.34. The summed E-state index contributed by atoms with van der Waals surface area (Å²) in [6.45, 7) is 4.71. The maximum atomic E-state index is 12.5. The minimum atomic E-state index is -0.308. The molecule has 176 valence electrons. The highest BCUT2D eigenvalue weighted by molar-refractivity contribution is 7.80. The van der Waals surface area contributed by atoms with E-state index in [9.17, 15) is 9.59 Å². The van der Waals surface area contributed by atoms with Crippen molar-refractivity contribution in [2.45, 2.75) is 33.1 Å². The molecule has 0 fully saturated rings. The van der Waals surface area contributed by atoms with Gasteiger partial charge in [0.05, 0.1) is 6.61 Å². The lowest BCUT2D eigenvalue weighted by atomic mass is 10.1. The molecule has 0 saturated carbocycles. The van der Waals surface area contributed by atoms with Crippen molar-refractivity contribution >= 4 is 40.5 Å². The molecule has 3 rings (SSSR count). The smallest absolute Gasteiger partial charge is 0.257 e. The van der Waals surface area contributed by atoms with Crippen LogP contribution < -0.4 is 20.7 Å². The zero-order valence-corrected chi connectivity index (χ0v) is 20.2. The van der Waals surface area contributed by atoms with Gasteiger partial charge in [0, 0.05) is 22.5 Å². The van der Waals surface area contributed by atoms with Crippen molar-refractivity contribution in [1.82, 2.24) is 5.32 Å². The van der Waals surface area contributed by atoms with Crippen LogP contribution in [0.4, 0.5) is 11.4 Å². The molecule has 0 heterocycles. The standard InChI is InChI=1S/C27H29N3O3S/c1-3-4-7-18-33-23-16-10-20(11-17-23)25(31)30-27(34)29-22-14-12-21(13-15-22)28-26(32)24-9-6-5-8-19(24)2/h5-6,8-17H,3-4,7,18H2,1-2H3,(H,28,32)(H2,29,30,31,34). The van der Waals surface area contributed by atoms with Gasteiger partial charge in [-0.15, -0.1) is 0 Å². The van der Waals surface area contributed by atoms with Crippen LogP contribution in [0.2, 0.25) is 0 Å². The molecule has 0 saturated heterocycles. The number of thiocarbonyl (C=S) groups is 1. The van der Waals surface area contributed by atoms with E-state index < -0.39 is 0 Å². The molecular weight excluding hydrogens is 446 g/mol. The summed E-state index contributed by atoms with van der Waals surface area (Å²) in [6.07, 6.45) is 3.29. The van der Waals surface area contributed by atoms with E-state index >= 15 is 0 Å². The first-order chi connectivity index (χ1) is 16.5. The third kappa shape index (κ3) is 7.42. The van der Waals surface area contributed by atoms with Gasteiger partial charge in [-0.2, -0.15) is 0 Å². The van der Waals surface area contributed by atoms with E-state index in [0.29, 0.717) is 29.1 Å². The summed E-state index contributed by atoms with van der Waals surface area (Å²) in [5, 5.41) is 8.71. The van der Waals surface area contributed by atoms with Gasteiger partial charge in [0.2, 0.25) is 0 Å². The third-order valence-electron chi connectivity index (χ3n) is 5.15. The number of ether oxygens (including phenoxy) is 1. The van der Waals surface area contributed by atoms with Gasteiger partial charge in [0.15, 0.2) is 5.11 Å². The van der Waals surface area contributed by atoms with Crippen LogP contribution in [0, 0.1) is 6.92 Å². The number of aryl methyl sites for hydroxylation is 1. The molecule has 0 aromatic heterocycles. The van der Waals surface area contributed by atoms with E-state index in [1.54, 1.807) is 54.6 Å². The second kappa shape index (κ2) is 12.5. The van der Waals surface area contributed by atoms with E-state index in [1.807, 2.05) is 25.1 Å². The maximum absolute atomic E-state index is 12.5. The number of unbranched alkanes of at least 4 members (excludes halogenated alkanes) is 2. The van der Waals surface area contributed by atoms with E-state index in [2.05, 4.69) is 22.9 Å². The molecule has 0 spiro atoms. The Morgan fingerprint density at radius 1 is 0.824 bits per heavy atom. The molecule has 6 nitrogen and oxygen atoms in total. The number of carbonyl (C=O) groups excluding carboxylic acids is 2. The van der Waals surface area contributed by atoms with E-state index in [0.717, 1.165) is 30.6 Å². The summed E-state index contributed by atoms with van der Waals surface area (Å²) in [4.78, 5) is 24.9. The molecule has 0 unspecified atom stereocenters. The highest BCUT2D eigenvalue weighted by Gasteiger charge is 2.10. The highest BCUT2D eigenvalue weighted by Crippen LogP contribution is 2.16. The van der Waals surface area contributed by atoms with Crippen LogP contribution in [0.1, 0.15) is 52.5 Å². The van der Waals surface area contributed by atoms with Crippen molar-refractivity contribution in [3.63, 3.8) is 0 Å². The summed E-state index contributed by atoms with van der Waals surface area (Å²) >= 11 is 5.26. The molecule has 0 aliphatic heterocycles. The van der Waals surface area contributed by atoms with Crippen LogP contribution in [-0.2, 0) is 0 Å². The summed E-state index contributed by atoms with van der Waals surface area (Å²) in [5.41, 5.74) is 3.37. The molecule has 3 aromatic rings. The third-order valence-corrected chi connectivity index (χ3v) is 5.35. The lowest BCUT2D eigenvalue weighted by Gasteiger charge is -2.12. The van der Waals surface area contributed by atoms with Gasteiger partial charge in [0.1, 0.15) is 5.75 Å². The Morgan fingerprint density at radius 2 is 1.47 bits per heavy atom. The van der Waals surface area contributed by atoms with E-state index in [-0.39, 0.29) is 16.9 Å². The molecule has 0 aliphatic rings. The van der Waals surface area contributed by atoms with Crippen molar-refractivity contribution in [3.8, 4) is 5.75 Å². The topological polar surface area (TPSA) is 79.5 Å². The molecule has 3 aromatic carbocycles. The molecule has 0 aliphatic carbocycles. The van der Waals surface area contributed by atoms with E-state index in [4.69, 9.17) is 17.0 Å². The van der Waals surface area contributed by atoms with Crippen LogP contribution in [0.5, 0.6) is 5.75 Å². The van der Waals surface area contributed by atoms with Gasteiger partial charge >= 0.3 is 0 Å². The largest absolute Gasteiger partial charge is 0.494 e. The predicted molar refractivity (Wildman–Crippen MR) is 141 cm³/mol. The minimum absolute atomic E-state index is 0.168. The number of rotatable bonds is 9. The number of amides is 2. The zero-order chi connectivity index (χ0) is 24.3. The Labute approximate surface area is 205 Å². The first kappa shape index (κ1) is 24.9. The first-order valence-corrected chi connectivity index (χ1v) is 11.7.